The highest BCUT2D eigenvalue weighted by molar-refractivity contribution is 5.88. The number of hydrogen-bond acceptors (Lipinski definition) is 3. The summed E-state index contributed by atoms with van der Waals surface area (Å²) < 4.78 is 0. The van der Waals surface area contributed by atoms with Crippen molar-refractivity contribution in [1.29, 1.82) is 0 Å². The van der Waals surface area contributed by atoms with Gasteiger partial charge >= 0.3 is 0 Å². The summed E-state index contributed by atoms with van der Waals surface area (Å²) in [6.45, 7) is 0.651. The molecule has 1 aromatic rings. The van der Waals surface area contributed by atoms with Crippen molar-refractivity contribution >= 4 is 5.78 Å². The largest absolute Gasteiger partial charge is 0.330 e. The Kier molecular flexibility index (Phi) is 4.16. The molecular formula is C17H24N2O. The Morgan fingerprint density at radius 2 is 2.10 bits per heavy atom. The SMILES string of the molecule is NCC1CCCCC1C(=O)C1CCCc2cccnc21. The summed E-state index contributed by atoms with van der Waals surface area (Å²) in [6.07, 6.45) is 9.52. The Bertz CT molecular complexity index is 486. The molecule has 0 saturated heterocycles. The molecule has 0 radical (unpaired) electrons. The molecule has 1 aromatic heterocycles. The molecule has 3 unspecified atom stereocenters. The Hall–Kier alpha value is -1.22. The van der Waals surface area contributed by atoms with Crippen molar-refractivity contribution in [3.63, 3.8) is 0 Å². The number of rotatable bonds is 3. The van der Waals surface area contributed by atoms with Gasteiger partial charge in [0.15, 0.2) is 0 Å². The van der Waals surface area contributed by atoms with Crippen molar-refractivity contribution in [3.8, 4) is 0 Å². The van der Waals surface area contributed by atoms with Crippen molar-refractivity contribution in [2.24, 2.45) is 17.6 Å². The number of pyridine rings is 1. The minimum absolute atomic E-state index is 0.0251. The van der Waals surface area contributed by atoms with Crippen molar-refractivity contribution in [2.45, 2.75) is 50.9 Å². The van der Waals surface area contributed by atoms with Crippen LogP contribution in [0.4, 0.5) is 0 Å². The zero-order valence-electron chi connectivity index (χ0n) is 12.1. The lowest BCUT2D eigenvalue weighted by Gasteiger charge is -2.33. The lowest BCUT2D eigenvalue weighted by Crippen LogP contribution is -2.36. The van der Waals surface area contributed by atoms with Gasteiger partial charge in [0, 0.05) is 12.1 Å². The average Bonchev–Trinajstić information content (AvgIpc) is 2.53. The smallest absolute Gasteiger partial charge is 0.145 e. The van der Waals surface area contributed by atoms with E-state index in [1.807, 2.05) is 12.3 Å². The van der Waals surface area contributed by atoms with Gasteiger partial charge in [-0.1, -0.05) is 18.9 Å². The first-order valence-electron chi connectivity index (χ1n) is 7.99. The molecule has 0 aliphatic heterocycles. The summed E-state index contributed by atoms with van der Waals surface area (Å²) in [5.74, 6) is 1.01. The van der Waals surface area contributed by atoms with Crippen LogP contribution in [0.25, 0.3) is 0 Å². The first-order chi connectivity index (χ1) is 9.81. The molecule has 0 aromatic carbocycles. The van der Waals surface area contributed by atoms with Gasteiger partial charge in [-0.05, 0) is 56.2 Å². The summed E-state index contributed by atoms with van der Waals surface area (Å²) >= 11 is 0. The minimum Gasteiger partial charge on any atom is -0.330 e. The third kappa shape index (κ3) is 2.51. The summed E-state index contributed by atoms with van der Waals surface area (Å²) in [6, 6.07) is 4.11. The van der Waals surface area contributed by atoms with Gasteiger partial charge in [0.1, 0.15) is 5.78 Å². The standard InChI is InChI=1S/C17H24N2O/c18-11-13-5-1-2-8-14(13)17(20)15-9-3-6-12-7-4-10-19-16(12)15/h4,7,10,13-15H,1-3,5-6,8-9,11,18H2. The van der Waals surface area contributed by atoms with E-state index in [4.69, 9.17) is 5.73 Å². The van der Waals surface area contributed by atoms with Crippen LogP contribution in [0.1, 0.15) is 55.7 Å². The van der Waals surface area contributed by atoms with Crippen LogP contribution < -0.4 is 5.73 Å². The molecule has 2 aliphatic carbocycles. The zero-order valence-corrected chi connectivity index (χ0v) is 12.1. The van der Waals surface area contributed by atoms with Gasteiger partial charge < -0.3 is 5.73 Å². The fourth-order valence-electron chi connectivity index (χ4n) is 4.01. The Balaban J connectivity index is 1.84. The highest BCUT2D eigenvalue weighted by Gasteiger charge is 2.36. The maximum absolute atomic E-state index is 13.0. The number of carbonyl (C=O) groups is 1. The number of Topliss-reactive ketones (excluding diaryl/α,β-unsaturated/α-hetero) is 1. The fourth-order valence-corrected chi connectivity index (χ4v) is 4.01. The Morgan fingerprint density at radius 1 is 1.25 bits per heavy atom. The van der Waals surface area contributed by atoms with Crippen LogP contribution in [0, 0.1) is 11.8 Å². The van der Waals surface area contributed by atoms with Gasteiger partial charge in [0.05, 0.1) is 11.6 Å². The summed E-state index contributed by atoms with van der Waals surface area (Å²) in [5, 5.41) is 0. The second kappa shape index (κ2) is 6.04. The van der Waals surface area contributed by atoms with Crippen LogP contribution in [0.5, 0.6) is 0 Å². The van der Waals surface area contributed by atoms with E-state index in [0.717, 1.165) is 37.8 Å². The molecule has 1 heterocycles. The summed E-state index contributed by atoms with van der Waals surface area (Å²) in [7, 11) is 0. The van der Waals surface area contributed by atoms with E-state index < -0.39 is 0 Å². The number of fused-ring (bicyclic) bond motifs is 1. The Morgan fingerprint density at radius 3 is 2.95 bits per heavy atom. The number of carbonyl (C=O) groups excluding carboxylic acids is 1. The average molecular weight is 272 g/mol. The number of nitrogens with zero attached hydrogens (tertiary/aromatic N) is 1. The van der Waals surface area contributed by atoms with Crippen LogP contribution in [0.15, 0.2) is 18.3 Å². The van der Waals surface area contributed by atoms with Crippen LogP contribution >= 0.6 is 0 Å². The molecule has 2 aliphatic rings. The molecule has 108 valence electrons. The zero-order chi connectivity index (χ0) is 13.9. The highest BCUT2D eigenvalue weighted by Crippen LogP contribution is 2.38. The number of aromatic nitrogens is 1. The van der Waals surface area contributed by atoms with Crippen molar-refractivity contribution in [3.05, 3.63) is 29.6 Å². The summed E-state index contributed by atoms with van der Waals surface area (Å²) in [4.78, 5) is 17.5. The topological polar surface area (TPSA) is 56.0 Å². The second-order valence-corrected chi connectivity index (χ2v) is 6.28. The molecule has 1 saturated carbocycles. The molecule has 1 fully saturated rings. The molecule has 2 N–H and O–H groups in total. The quantitative estimate of drug-likeness (QED) is 0.920. The molecule has 0 bridgehead atoms. The van der Waals surface area contributed by atoms with Crippen molar-refractivity contribution in [1.82, 2.24) is 4.98 Å². The van der Waals surface area contributed by atoms with E-state index in [9.17, 15) is 4.79 Å². The normalized spacial score (nSPS) is 29.8. The van der Waals surface area contributed by atoms with Crippen LogP contribution in [0.2, 0.25) is 0 Å². The number of nitrogens with two attached hydrogens (primary N) is 1. The lowest BCUT2D eigenvalue weighted by atomic mass is 9.71. The molecule has 3 nitrogen and oxygen atoms in total. The number of hydrogen-bond donors (Lipinski definition) is 1. The van der Waals surface area contributed by atoms with Gasteiger partial charge in [-0.2, -0.15) is 0 Å². The minimum atomic E-state index is 0.0251. The van der Waals surface area contributed by atoms with Crippen molar-refractivity contribution < 1.29 is 4.79 Å². The monoisotopic (exact) mass is 272 g/mol. The molecule has 0 amide bonds. The maximum atomic E-state index is 13.0. The highest BCUT2D eigenvalue weighted by atomic mass is 16.1. The first kappa shape index (κ1) is 13.7. The van der Waals surface area contributed by atoms with Gasteiger partial charge in [0.2, 0.25) is 0 Å². The van der Waals surface area contributed by atoms with Gasteiger partial charge in [-0.3, -0.25) is 9.78 Å². The molecular weight excluding hydrogens is 248 g/mol. The summed E-state index contributed by atoms with van der Waals surface area (Å²) in [5.41, 5.74) is 8.21. The van der Waals surface area contributed by atoms with Gasteiger partial charge in [-0.25, -0.2) is 0 Å². The van der Waals surface area contributed by atoms with Gasteiger partial charge in [-0.15, -0.1) is 0 Å². The maximum Gasteiger partial charge on any atom is 0.145 e. The Labute approximate surface area is 121 Å². The van der Waals surface area contributed by atoms with Crippen molar-refractivity contribution in [2.75, 3.05) is 6.54 Å². The van der Waals surface area contributed by atoms with E-state index in [1.54, 1.807) is 0 Å². The first-order valence-corrected chi connectivity index (χ1v) is 7.99. The van der Waals surface area contributed by atoms with Crippen LogP contribution in [-0.4, -0.2) is 17.3 Å². The predicted octanol–water partition coefficient (Wildman–Crippen LogP) is 2.84. The fraction of sp³-hybridized carbons (Fsp3) is 0.647. The van der Waals surface area contributed by atoms with E-state index >= 15 is 0 Å². The molecule has 20 heavy (non-hydrogen) atoms. The van der Waals surface area contributed by atoms with E-state index in [0.29, 0.717) is 18.2 Å². The molecule has 3 atom stereocenters. The predicted molar refractivity (Wildman–Crippen MR) is 79.4 cm³/mol. The van der Waals surface area contributed by atoms with Crippen LogP contribution in [-0.2, 0) is 11.2 Å². The second-order valence-electron chi connectivity index (χ2n) is 6.28. The van der Waals surface area contributed by atoms with E-state index in [-0.39, 0.29) is 11.8 Å². The molecule has 3 rings (SSSR count). The lowest BCUT2D eigenvalue weighted by molar-refractivity contribution is -0.127. The van der Waals surface area contributed by atoms with E-state index in [1.165, 1.54) is 18.4 Å². The number of aryl methyl sites for hydroxylation is 1. The van der Waals surface area contributed by atoms with E-state index in [2.05, 4.69) is 11.1 Å². The van der Waals surface area contributed by atoms with Crippen LogP contribution in [0.3, 0.4) is 0 Å². The molecule has 0 spiro atoms. The third-order valence-corrected chi connectivity index (χ3v) is 5.12. The molecule has 3 heteroatoms. The third-order valence-electron chi connectivity index (χ3n) is 5.12. The number of ketones is 1. The van der Waals surface area contributed by atoms with Gasteiger partial charge in [0.25, 0.3) is 0 Å².